The van der Waals surface area contributed by atoms with E-state index in [2.05, 4.69) is 4.74 Å². The highest BCUT2D eigenvalue weighted by molar-refractivity contribution is 5.81. The predicted molar refractivity (Wildman–Crippen MR) is 97.8 cm³/mol. The summed E-state index contributed by atoms with van der Waals surface area (Å²) in [5.41, 5.74) is 0.699. The molecule has 0 heterocycles. The Morgan fingerprint density at radius 3 is 1.24 bits per heavy atom. The van der Waals surface area contributed by atoms with E-state index in [-0.39, 0.29) is 5.56 Å². The van der Waals surface area contributed by atoms with Gasteiger partial charge < -0.3 is 9.47 Å². The number of nitrogens with zero attached hydrogens (tertiary/aromatic N) is 1. The van der Waals surface area contributed by atoms with E-state index in [1.165, 1.54) is 31.4 Å². The van der Waals surface area contributed by atoms with Crippen molar-refractivity contribution in [2.24, 2.45) is 0 Å². The van der Waals surface area contributed by atoms with Crippen LogP contribution in [0.4, 0.5) is 61.5 Å². The quantitative estimate of drug-likeness (QED) is 0.145. The molecule has 0 aliphatic carbocycles. The lowest BCUT2D eigenvalue weighted by Gasteiger charge is -2.43. The van der Waals surface area contributed by atoms with Crippen LogP contribution in [-0.2, 0) is 4.79 Å². The van der Waals surface area contributed by atoms with E-state index in [0.29, 0.717) is 23.4 Å². The van der Waals surface area contributed by atoms with Gasteiger partial charge in [0.2, 0.25) is 0 Å². The molecule has 2 aromatic carbocycles. The molecule has 0 aromatic heterocycles. The first kappa shape index (κ1) is 30.9. The minimum absolute atomic E-state index is 0.269. The van der Waals surface area contributed by atoms with Crippen molar-refractivity contribution in [2.75, 3.05) is 7.11 Å². The minimum atomic E-state index is -7.93. The molecule has 0 bridgehead atoms. The first-order valence-corrected chi connectivity index (χ1v) is 9.43. The fraction of sp³-hybridized carbons (Fsp3) is 0.350. The number of alkyl halides is 14. The number of carbonyl (C=O) groups is 1. The van der Waals surface area contributed by atoms with Gasteiger partial charge in [0.15, 0.2) is 0 Å². The Hall–Kier alpha value is -3.31. The van der Waals surface area contributed by atoms with Gasteiger partial charge in [-0.15, -0.1) is 0 Å². The van der Waals surface area contributed by atoms with E-state index in [0.717, 1.165) is 12.1 Å². The van der Waals surface area contributed by atoms with Crippen LogP contribution in [0.5, 0.6) is 11.5 Å². The lowest BCUT2D eigenvalue weighted by molar-refractivity contribution is -0.493. The maximum absolute atomic E-state index is 14.1. The Labute approximate surface area is 202 Å². The normalized spacial score (nSPS) is 14.0. The van der Waals surface area contributed by atoms with Crippen molar-refractivity contribution >= 4 is 5.97 Å². The van der Waals surface area contributed by atoms with Crippen LogP contribution in [0.25, 0.3) is 11.1 Å². The summed E-state index contributed by atoms with van der Waals surface area (Å²) >= 11 is 0. The number of carbonyl (C=O) groups excluding carboxylic acids is 1. The monoisotopic (exact) mass is 579 g/mol. The van der Waals surface area contributed by atoms with E-state index in [1.807, 2.05) is 0 Å². The molecule has 0 N–H and O–H groups in total. The molecule has 0 radical (unpaired) electrons. The largest absolute Gasteiger partial charge is 0.497 e. The Morgan fingerprint density at radius 1 is 0.579 bits per heavy atom. The summed E-state index contributed by atoms with van der Waals surface area (Å²) in [5, 5.41) is 0. The molecule has 0 fully saturated rings. The lowest BCUT2D eigenvalue weighted by Crippen LogP contribution is -2.74. The second-order valence-electron chi connectivity index (χ2n) is 7.17. The number of halogens is 14. The first-order valence-electron chi connectivity index (χ1n) is 9.43. The summed E-state index contributed by atoms with van der Waals surface area (Å²) in [5.74, 6) is -11.5. The van der Waals surface area contributed by atoms with Gasteiger partial charge in [0.25, 0.3) is 0 Å². The topological polar surface area (TPSA) is 38.8 Å². The van der Waals surface area contributed by atoms with Crippen LogP contribution in [0, 0.1) is 0 Å². The van der Waals surface area contributed by atoms with E-state index < -0.39 is 53.0 Å². The summed E-state index contributed by atoms with van der Waals surface area (Å²) in [6.07, 6.45) is -15.3. The number of esters is 1. The van der Waals surface area contributed by atoms with Gasteiger partial charge >= 0.3 is 42.4 Å². The molecule has 0 unspecified atom stereocenters. The Kier molecular flexibility index (Phi) is 7.95. The predicted octanol–water partition coefficient (Wildman–Crippen LogP) is 7.11. The van der Waals surface area contributed by atoms with Crippen molar-refractivity contribution < 1.29 is 75.7 Å². The van der Waals surface area contributed by atoms with Crippen LogP contribution >= 0.6 is 0 Å². The fourth-order valence-electron chi connectivity index (χ4n) is 2.72. The van der Waals surface area contributed by atoms with Crippen molar-refractivity contribution in [1.82, 2.24) is 4.90 Å². The number of benzene rings is 2. The maximum atomic E-state index is 14.1. The van der Waals surface area contributed by atoms with Crippen LogP contribution in [0.15, 0.2) is 48.5 Å². The zero-order valence-corrected chi connectivity index (χ0v) is 18.1. The van der Waals surface area contributed by atoms with Gasteiger partial charge in [-0.2, -0.15) is 61.5 Å². The summed E-state index contributed by atoms with van der Waals surface area (Å²) in [6, 6.07) is -14.5. The second-order valence-corrected chi connectivity index (χ2v) is 7.17. The number of rotatable bonds is 8. The second kappa shape index (κ2) is 9.77. The molecule has 2 aromatic rings. The van der Waals surface area contributed by atoms with E-state index in [1.54, 1.807) is 0 Å². The molecule has 0 amide bonds. The van der Waals surface area contributed by atoms with Crippen molar-refractivity contribution in [1.29, 1.82) is 0 Å². The zero-order valence-electron chi connectivity index (χ0n) is 18.1. The minimum Gasteiger partial charge on any atom is -0.497 e. The average molecular weight is 579 g/mol. The van der Waals surface area contributed by atoms with Crippen molar-refractivity contribution in [3.63, 3.8) is 0 Å². The number of methoxy groups -OCH3 is 1. The molecule has 2 rings (SSSR count). The molecular weight excluding hydrogens is 568 g/mol. The first-order chi connectivity index (χ1) is 17.0. The Morgan fingerprint density at radius 2 is 0.921 bits per heavy atom. The highest BCUT2D eigenvalue weighted by atomic mass is 19.4. The van der Waals surface area contributed by atoms with Crippen LogP contribution in [0.3, 0.4) is 0 Å². The molecule has 4 nitrogen and oxygen atoms in total. The molecule has 0 atom stereocenters. The number of hydrogen-bond acceptors (Lipinski definition) is 4. The van der Waals surface area contributed by atoms with Crippen molar-refractivity contribution in [3.05, 3.63) is 48.5 Å². The van der Waals surface area contributed by atoms with Crippen LogP contribution < -0.4 is 9.47 Å². The van der Waals surface area contributed by atoms with Crippen molar-refractivity contribution in [2.45, 2.75) is 36.4 Å². The highest BCUT2D eigenvalue weighted by Gasteiger charge is 2.85. The third kappa shape index (κ3) is 5.44. The SMILES string of the molecule is COc1ccc(-c2ccc(OC(=O)C(F)(F)C(F)(F)N(C(F)(F)C(F)(F)F)C(F)(F)C(F)(F)F)cc2)cc1. The molecule has 0 saturated carbocycles. The number of ether oxygens (including phenoxy) is 2. The van der Waals surface area contributed by atoms with E-state index in [9.17, 15) is 66.3 Å². The van der Waals surface area contributed by atoms with Gasteiger partial charge in [-0.05, 0) is 35.4 Å². The van der Waals surface area contributed by atoms with Crippen LogP contribution in [-0.4, -0.2) is 54.4 Å². The van der Waals surface area contributed by atoms with Crippen LogP contribution in [0.1, 0.15) is 0 Å². The average Bonchev–Trinajstić information content (AvgIpc) is 2.77. The summed E-state index contributed by atoms with van der Waals surface area (Å²) in [7, 11) is 1.35. The summed E-state index contributed by atoms with van der Waals surface area (Å²) in [6.45, 7) is 0. The van der Waals surface area contributed by atoms with Crippen LogP contribution in [0.2, 0.25) is 0 Å². The summed E-state index contributed by atoms with van der Waals surface area (Å²) in [4.78, 5) is 7.20. The van der Waals surface area contributed by atoms with E-state index in [4.69, 9.17) is 4.74 Å². The van der Waals surface area contributed by atoms with E-state index >= 15 is 0 Å². The Balaban J connectivity index is 2.44. The van der Waals surface area contributed by atoms with Gasteiger partial charge in [0.1, 0.15) is 11.5 Å². The van der Waals surface area contributed by atoms with Gasteiger partial charge in [0, 0.05) is 0 Å². The Bertz CT molecular complexity index is 1100. The lowest BCUT2D eigenvalue weighted by atomic mass is 10.1. The smallest absolute Gasteiger partial charge is 0.469 e. The maximum Gasteiger partial charge on any atom is 0.469 e. The molecule has 0 aliphatic heterocycles. The molecule has 0 aliphatic rings. The summed E-state index contributed by atoms with van der Waals surface area (Å²) < 4.78 is 194. The van der Waals surface area contributed by atoms with Gasteiger partial charge in [-0.3, -0.25) is 0 Å². The third-order valence-electron chi connectivity index (χ3n) is 4.65. The third-order valence-corrected chi connectivity index (χ3v) is 4.65. The molecule has 212 valence electrons. The zero-order chi connectivity index (χ0) is 29.5. The van der Waals surface area contributed by atoms with Gasteiger partial charge in [0.05, 0.1) is 7.11 Å². The van der Waals surface area contributed by atoms with Gasteiger partial charge in [-0.25, -0.2) is 4.79 Å². The molecular formula is C20H11F14NO3. The molecule has 0 spiro atoms. The number of hydrogen-bond donors (Lipinski definition) is 0. The van der Waals surface area contributed by atoms with Crippen molar-refractivity contribution in [3.8, 4) is 22.6 Å². The van der Waals surface area contributed by atoms with Gasteiger partial charge in [-0.1, -0.05) is 29.2 Å². The molecule has 18 heteroatoms. The fourth-order valence-corrected chi connectivity index (χ4v) is 2.72. The molecule has 38 heavy (non-hydrogen) atoms. The molecule has 0 saturated heterocycles. The highest BCUT2D eigenvalue weighted by Crippen LogP contribution is 2.56. The standard InChI is InChI=1S/C20H11F14NO3/c1-37-12-6-2-10(3-7-12)11-4-8-13(9-5-11)38-14(36)15(21,22)18(29,30)35(19(31,32)16(23,24)25)20(33,34)17(26,27)28/h2-9H,1H3.